The van der Waals surface area contributed by atoms with Crippen LogP contribution in [0, 0.1) is 5.92 Å². The smallest absolute Gasteiger partial charge is 0.251 e. The summed E-state index contributed by atoms with van der Waals surface area (Å²) < 4.78 is 11.0. The first-order valence-electron chi connectivity index (χ1n) is 10.4. The minimum atomic E-state index is -0.235. The molecule has 0 radical (unpaired) electrons. The van der Waals surface area contributed by atoms with Crippen molar-refractivity contribution in [3.05, 3.63) is 29.8 Å². The fourth-order valence-corrected chi connectivity index (χ4v) is 4.04. The predicted molar refractivity (Wildman–Crippen MR) is 107 cm³/mol. The van der Waals surface area contributed by atoms with Gasteiger partial charge in [-0.25, -0.2) is 0 Å². The van der Waals surface area contributed by atoms with E-state index in [-0.39, 0.29) is 12.0 Å². The van der Waals surface area contributed by atoms with Crippen molar-refractivity contribution < 1.29 is 14.3 Å². The molecule has 0 aliphatic carbocycles. The Hall–Kier alpha value is -1.59. The fourth-order valence-electron chi connectivity index (χ4n) is 4.04. The number of methoxy groups -OCH3 is 1. The molecule has 0 aromatic heterocycles. The van der Waals surface area contributed by atoms with E-state index in [1.165, 1.54) is 18.4 Å². The number of benzene rings is 1. The first-order valence-corrected chi connectivity index (χ1v) is 10.4. The number of hydrogen-bond donors (Lipinski definition) is 0. The number of hydrogen-bond acceptors (Lipinski definition) is 4. The Morgan fingerprint density at radius 1 is 1.19 bits per heavy atom. The maximum absolute atomic E-state index is 13.1. The molecule has 2 aliphatic rings. The minimum absolute atomic E-state index is 0.196. The van der Waals surface area contributed by atoms with E-state index in [4.69, 9.17) is 9.47 Å². The lowest BCUT2D eigenvalue weighted by atomic mass is 9.95. The molecule has 5 nitrogen and oxygen atoms in total. The van der Waals surface area contributed by atoms with Crippen LogP contribution in [-0.2, 0) is 16.0 Å². The van der Waals surface area contributed by atoms with Crippen LogP contribution in [0.1, 0.15) is 37.7 Å². The van der Waals surface area contributed by atoms with Crippen molar-refractivity contribution in [2.45, 2.75) is 44.6 Å². The molecule has 2 saturated heterocycles. The first kappa shape index (κ1) is 20.2. The number of carbonyl (C=O) groups excluding carboxylic acids is 1. The second-order valence-corrected chi connectivity index (χ2v) is 7.98. The number of rotatable bonds is 7. The molecule has 1 atom stereocenters. The third-order valence-corrected chi connectivity index (χ3v) is 5.91. The van der Waals surface area contributed by atoms with Crippen LogP contribution in [0.5, 0.6) is 5.75 Å². The topological polar surface area (TPSA) is 42.0 Å². The molecular weight excluding hydrogens is 340 g/mol. The number of amides is 1. The van der Waals surface area contributed by atoms with Gasteiger partial charge in [-0.05, 0) is 82.3 Å². The second-order valence-electron chi connectivity index (χ2n) is 7.98. The maximum Gasteiger partial charge on any atom is 0.251 e. The molecule has 1 aromatic carbocycles. The summed E-state index contributed by atoms with van der Waals surface area (Å²) in [6.07, 6.45) is 6.02. The summed E-state index contributed by atoms with van der Waals surface area (Å²) in [4.78, 5) is 17.6. The monoisotopic (exact) mass is 374 g/mol. The lowest BCUT2D eigenvalue weighted by Gasteiger charge is -2.35. The van der Waals surface area contributed by atoms with Gasteiger partial charge in [0, 0.05) is 19.7 Å². The van der Waals surface area contributed by atoms with Crippen molar-refractivity contribution in [1.82, 2.24) is 9.80 Å². The van der Waals surface area contributed by atoms with Gasteiger partial charge in [0.2, 0.25) is 0 Å². The lowest BCUT2D eigenvalue weighted by molar-refractivity contribution is -0.147. The molecule has 2 heterocycles. The lowest BCUT2D eigenvalue weighted by Crippen LogP contribution is -2.46. The molecule has 27 heavy (non-hydrogen) atoms. The summed E-state index contributed by atoms with van der Waals surface area (Å²) in [6, 6.07) is 8.16. The van der Waals surface area contributed by atoms with Gasteiger partial charge in [0.15, 0.2) is 0 Å². The summed E-state index contributed by atoms with van der Waals surface area (Å²) in [7, 11) is 3.86. The molecule has 1 aromatic rings. The van der Waals surface area contributed by atoms with E-state index in [0.29, 0.717) is 5.92 Å². The summed E-state index contributed by atoms with van der Waals surface area (Å²) in [5, 5.41) is 0. The number of ether oxygens (including phenoxy) is 2. The zero-order valence-electron chi connectivity index (χ0n) is 16.9. The van der Waals surface area contributed by atoms with E-state index >= 15 is 0 Å². The van der Waals surface area contributed by atoms with Crippen LogP contribution in [0.3, 0.4) is 0 Å². The number of nitrogens with zero attached hydrogens (tertiary/aromatic N) is 2. The van der Waals surface area contributed by atoms with Crippen LogP contribution in [0.4, 0.5) is 0 Å². The first-order chi connectivity index (χ1) is 13.2. The standard InChI is InChI=1S/C22H34N2O3/c1-23-13-10-19(11-14-23)17-24(22(25)21-5-3-4-16-27-21)15-12-18-6-8-20(26-2)9-7-18/h6-9,19,21H,3-5,10-17H2,1-2H3/t21-/m1/s1. The molecule has 0 saturated carbocycles. The van der Waals surface area contributed by atoms with E-state index in [1.807, 2.05) is 12.1 Å². The summed E-state index contributed by atoms with van der Waals surface area (Å²) >= 11 is 0. The van der Waals surface area contributed by atoms with Crippen molar-refractivity contribution in [3.63, 3.8) is 0 Å². The second kappa shape index (κ2) is 10.1. The van der Waals surface area contributed by atoms with Crippen LogP contribution < -0.4 is 4.74 Å². The minimum Gasteiger partial charge on any atom is -0.497 e. The Kier molecular flexibility index (Phi) is 7.53. The zero-order chi connectivity index (χ0) is 19.1. The molecule has 1 amide bonds. The van der Waals surface area contributed by atoms with Crippen molar-refractivity contribution in [1.29, 1.82) is 0 Å². The predicted octanol–water partition coefficient (Wildman–Crippen LogP) is 2.98. The van der Waals surface area contributed by atoms with E-state index in [1.54, 1.807) is 7.11 Å². The van der Waals surface area contributed by atoms with E-state index in [0.717, 1.165) is 64.2 Å². The van der Waals surface area contributed by atoms with Crippen molar-refractivity contribution in [2.24, 2.45) is 5.92 Å². The summed E-state index contributed by atoms with van der Waals surface area (Å²) in [6.45, 7) is 4.60. The van der Waals surface area contributed by atoms with Gasteiger partial charge in [0.25, 0.3) is 5.91 Å². The van der Waals surface area contributed by atoms with Crippen molar-refractivity contribution in [3.8, 4) is 5.75 Å². The van der Waals surface area contributed by atoms with Gasteiger partial charge in [-0.2, -0.15) is 0 Å². The highest BCUT2D eigenvalue weighted by molar-refractivity contribution is 5.81. The Balaban J connectivity index is 1.61. The van der Waals surface area contributed by atoms with Crippen LogP contribution >= 0.6 is 0 Å². The highest BCUT2D eigenvalue weighted by Crippen LogP contribution is 2.21. The third-order valence-electron chi connectivity index (χ3n) is 5.91. The molecule has 5 heteroatoms. The molecule has 2 fully saturated rings. The highest BCUT2D eigenvalue weighted by atomic mass is 16.5. The molecule has 3 rings (SSSR count). The maximum atomic E-state index is 13.1. The molecule has 0 bridgehead atoms. The molecule has 0 N–H and O–H groups in total. The molecule has 150 valence electrons. The normalized spacial score (nSPS) is 21.8. The average molecular weight is 375 g/mol. The molecular formula is C22H34N2O3. The van der Waals surface area contributed by atoms with Crippen LogP contribution in [0.25, 0.3) is 0 Å². The average Bonchev–Trinajstić information content (AvgIpc) is 2.73. The van der Waals surface area contributed by atoms with Gasteiger partial charge in [0.1, 0.15) is 11.9 Å². The van der Waals surface area contributed by atoms with Crippen molar-refractivity contribution in [2.75, 3.05) is 46.9 Å². The fraction of sp³-hybridized carbons (Fsp3) is 0.682. The summed E-state index contributed by atoms with van der Waals surface area (Å²) in [5.41, 5.74) is 1.24. The van der Waals surface area contributed by atoms with Crippen LogP contribution in [0.15, 0.2) is 24.3 Å². The highest BCUT2D eigenvalue weighted by Gasteiger charge is 2.29. The van der Waals surface area contributed by atoms with Gasteiger partial charge < -0.3 is 19.3 Å². The quantitative estimate of drug-likeness (QED) is 0.736. The van der Waals surface area contributed by atoms with Gasteiger partial charge in [-0.15, -0.1) is 0 Å². The number of likely N-dealkylation sites (tertiary alicyclic amines) is 1. The van der Waals surface area contributed by atoms with Crippen molar-refractivity contribution >= 4 is 5.91 Å². The Morgan fingerprint density at radius 3 is 2.56 bits per heavy atom. The zero-order valence-corrected chi connectivity index (χ0v) is 16.9. The molecule has 2 aliphatic heterocycles. The largest absolute Gasteiger partial charge is 0.497 e. The SMILES string of the molecule is COc1ccc(CCN(CC2CCN(C)CC2)C(=O)[C@H]2CCCCO2)cc1. The molecule has 0 unspecified atom stereocenters. The van der Waals surface area contributed by atoms with Gasteiger partial charge in [0.05, 0.1) is 7.11 Å². The van der Waals surface area contributed by atoms with Gasteiger partial charge in [-0.1, -0.05) is 12.1 Å². The van der Waals surface area contributed by atoms with Crippen LogP contribution in [-0.4, -0.2) is 68.8 Å². The van der Waals surface area contributed by atoms with Crippen LogP contribution in [0.2, 0.25) is 0 Å². The Bertz CT molecular complexity index is 576. The summed E-state index contributed by atoms with van der Waals surface area (Å²) in [5.74, 6) is 1.67. The van der Waals surface area contributed by atoms with E-state index < -0.39 is 0 Å². The van der Waals surface area contributed by atoms with E-state index in [2.05, 4.69) is 29.0 Å². The Labute approximate surface area is 163 Å². The molecule has 0 spiro atoms. The Morgan fingerprint density at radius 2 is 1.93 bits per heavy atom. The number of piperidine rings is 1. The van der Waals surface area contributed by atoms with Gasteiger partial charge in [-0.3, -0.25) is 4.79 Å². The number of carbonyl (C=O) groups is 1. The van der Waals surface area contributed by atoms with E-state index in [9.17, 15) is 4.79 Å². The third kappa shape index (κ3) is 5.94. The van der Waals surface area contributed by atoms with Gasteiger partial charge >= 0.3 is 0 Å².